The molecule has 12 aromatic carbocycles. The van der Waals surface area contributed by atoms with Gasteiger partial charge in [0, 0.05) is 33.5 Å². The highest BCUT2D eigenvalue weighted by atomic mass is 16.5. The molecule has 12 aromatic rings. The van der Waals surface area contributed by atoms with E-state index in [1.54, 1.807) is 14.2 Å². The lowest BCUT2D eigenvalue weighted by Gasteiger charge is -2.30. The molecule has 0 aliphatic carbocycles. The van der Waals surface area contributed by atoms with Crippen molar-refractivity contribution in [2.75, 3.05) is 24.0 Å². The Kier molecular flexibility index (Phi) is 11.9. The fourth-order valence-corrected chi connectivity index (χ4v) is 10.9. The first-order chi connectivity index (χ1) is 36.2. The summed E-state index contributed by atoms with van der Waals surface area (Å²) < 4.78 is 11.5. The Morgan fingerprint density at radius 1 is 0.270 bits per heavy atom. The molecule has 4 heteroatoms. The Morgan fingerprint density at radius 2 is 0.581 bits per heavy atom. The highest BCUT2D eigenvalue weighted by molar-refractivity contribution is 6.28. The maximum atomic E-state index is 5.73. The van der Waals surface area contributed by atoms with Gasteiger partial charge in [0.1, 0.15) is 11.5 Å². The maximum Gasteiger partial charge on any atom is 0.119 e. The predicted molar refractivity (Wildman–Crippen MR) is 313 cm³/mol. The van der Waals surface area contributed by atoms with E-state index in [0.29, 0.717) is 0 Å². The van der Waals surface area contributed by atoms with Crippen molar-refractivity contribution in [3.05, 3.63) is 253 Å². The minimum atomic E-state index is 0.808. The molecule has 0 amide bonds. The number of rotatable bonds is 12. The molecule has 0 aliphatic heterocycles. The topological polar surface area (TPSA) is 24.9 Å². The monoisotopic (exact) mass is 956 g/mol. The van der Waals surface area contributed by atoms with Gasteiger partial charge in [-0.15, -0.1) is 0 Å². The second kappa shape index (κ2) is 19.1. The molecule has 0 N–H and O–H groups in total. The molecular weight excluding hydrogens is 901 g/mol. The Balaban J connectivity index is 1.11. The van der Waals surface area contributed by atoms with Crippen molar-refractivity contribution < 1.29 is 9.47 Å². The predicted octanol–water partition coefficient (Wildman–Crippen LogP) is 19.4. The number of anilines is 6. The van der Waals surface area contributed by atoms with Crippen LogP contribution in [-0.4, -0.2) is 14.2 Å². The highest BCUT2D eigenvalue weighted by Gasteiger charge is 2.24. The Bertz CT molecular complexity index is 3650. The summed E-state index contributed by atoms with van der Waals surface area (Å²) in [5.41, 5.74) is 20.5. The quantitative estimate of drug-likeness (QED) is 0.114. The number of ether oxygens (including phenoxy) is 2. The number of aryl methyl sites for hydroxylation is 4. The molecule has 0 spiro atoms. The van der Waals surface area contributed by atoms with Gasteiger partial charge in [-0.05, 0) is 191 Å². The zero-order chi connectivity index (χ0) is 50.5. The van der Waals surface area contributed by atoms with Gasteiger partial charge < -0.3 is 19.3 Å². The van der Waals surface area contributed by atoms with Crippen molar-refractivity contribution in [2.45, 2.75) is 27.7 Å². The van der Waals surface area contributed by atoms with Crippen LogP contribution in [0.2, 0.25) is 0 Å². The van der Waals surface area contributed by atoms with Gasteiger partial charge in [-0.1, -0.05) is 156 Å². The smallest absolute Gasteiger partial charge is 0.119 e. The maximum absolute atomic E-state index is 5.73. The average Bonchev–Trinajstić information content (AvgIpc) is 3.43. The molecule has 0 atom stereocenters. The summed E-state index contributed by atoms with van der Waals surface area (Å²) in [5.74, 6) is 1.62. The summed E-state index contributed by atoms with van der Waals surface area (Å²) in [6.45, 7) is 8.65. The van der Waals surface area contributed by atoms with E-state index in [4.69, 9.17) is 9.47 Å². The Labute approximate surface area is 434 Å². The van der Waals surface area contributed by atoms with E-state index in [-0.39, 0.29) is 0 Å². The number of methoxy groups -OCH3 is 2. The molecule has 0 radical (unpaired) electrons. The van der Waals surface area contributed by atoms with E-state index in [1.165, 1.54) is 66.1 Å². The van der Waals surface area contributed by atoms with Crippen molar-refractivity contribution in [1.29, 1.82) is 0 Å². The van der Waals surface area contributed by atoms with Crippen LogP contribution in [0.4, 0.5) is 34.1 Å². The van der Waals surface area contributed by atoms with E-state index >= 15 is 0 Å². The van der Waals surface area contributed by atoms with Crippen LogP contribution in [-0.2, 0) is 0 Å². The van der Waals surface area contributed by atoms with Gasteiger partial charge >= 0.3 is 0 Å². The van der Waals surface area contributed by atoms with Crippen LogP contribution in [0.25, 0.3) is 76.8 Å². The zero-order valence-electron chi connectivity index (χ0n) is 42.7. The van der Waals surface area contributed by atoms with E-state index in [9.17, 15) is 0 Å². The van der Waals surface area contributed by atoms with Crippen LogP contribution in [0.15, 0.2) is 231 Å². The first-order valence-electron chi connectivity index (χ1n) is 25.4. The highest BCUT2D eigenvalue weighted by Crippen LogP contribution is 2.49. The number of benzene rings is 12. The minimum absolute atomic E-state index is 0.808. The SMILES string of the molecule is COc1ccc(N(c2cc(-c3cccc(C)c3)cc(-c3cccc(C)c3)c2)c2ccc3ccc4c(N(c5ccc(OC)cc5)c5cc(-c6cccc(C)c6)cc(-c6cccc(C)c6)c5)ccc5ccc2c3c54)cc1. The number of hydrogen-bond acceptors (Lipinski definition) is 4. The fraction of sp³-hybridized carbons (Fsp3) is 0.0857. The van der Waals surface area contributed by atoms with E-state index in [2.05, 4.69) is 268 Å². The summed E-state index contributed by atoms with van der Waals surface area (Å²) in [4.78, 5) is 4.86. The van der Waals surface area contributed by atoms with E-state index in [1.807, 2.05) is 0 Å². The summed E-state index contributed by atoms with van der Waals surface area (Å²) in [5, 5.41) is 7.12. The third-order valence-electron chi connectivity index (χ3n) is 14.5. The molecule has 0 fully saturated rings. The summed E-state index contributed by atoms with van der Waals surface area (Å²) >= 11 is 0. The average molecular weight is 957 g/mol. The van der Waals surface area contributed by atoms with Crippen molar-refractivity contribution in [2.24, 2.45) is 0 Å². The first kappa shape index (κ1) is 46.0. The van der Waals surface area contributed by atoms with Crippen molar-refractivity contribution >= 4 is 66.4 Å². The second-order valence-corrected chi connectivity index (χ2v) is 19.7. The molecule has 0 bridgehead atoms. The van der Waals surface area contributed by atoms with Gasteiger partial charge in [0.2, 0.25) is 0 Å². The standard InChI is InChI=1S/C70H56N2O2/c1-45-11-7-15-51(35-45)55-39-56(52-16-8-12-46(2)36-52)42-61(41-55)71(59-23-27-63(73-5)28-24-59)67-33-21-49-20-32-66-68(34-22-50-19-31-65(67)69(49)70(50)66)72(60-25-29-64(74-6)30-26-60)62-43-57(53-17-9-13-47(3)37-53)40-58(44-62)54-18-10-14-48(4)38-54/h7-44H,1-6H3. The minimum Gasteiger partial charge on any atom is -0.497 e. The fourth-order valence-electron chi connectivity index (χ4n) is 10.9. The Morgan fingerprint density at radius 3 is 0.878 bits per heavy atom. The molecule has 0 saturated carbocycles. The molecule has 4 nitrogen and oxygen atoms in total. The van der Waals surface area contributed by atoms with Crippen LogP contribution in [0.3, 0.4) is 0 Å². The lowest BCUT2D eigenvalue weighted by Crippen LogP contribution is -2.12. The van der Waals surface area contributed by atoms with Crippen LogP contribution >= 0.6 is 0 Å². The Hall–Kier alpha value is -9.12. The van der Waals surface area contributed by atoms with Crippen molar-refractivity contribution in [1.82, 2.24) is 0 Å². The van der Waals surface area contributed by atoms with Crippen molar-refractivity contribution in [3.8, 4) is 56.0 Å². The van der Waals surface area contributed by atoms with E-state index < -0.39 is 0 Å². The zero-order valence-corrected chi connectivity index (χ0v) is 42.7. The van der Waals surface area contributed by atoms with Gasteiger partial charge in [-0.3, -0.25) is 0 Å². The largest absolute Gasteiger partial charge is 0.497 e. The lowest BCUT2D eigenvalue weighted by molar-refractivity contribution is 0.414. The number of hydrogen-bond donors (Lipinski definition) is 0. The lowest BCUT2D eigenvalue weighted by atomic mass is 9.91. The van der Waals surface area contributed by atoms with Gasteiger partial charge in [0.15, 0.2) is 0 Å². The van der Waals surface area contributed by atoms with Crippen LogP contribution < -0.4 is 19.3 Å². The molecule has 0 saturated heterocycles. The first-order valence-corrected chi connectivity index (χ1v) is 25.4. The molecule has 0 heterocycles. The third-order valence-corrected chi connectivity index (χ3v) is 14.5. The van der Waals surface area contributed by atoms with Gasteiger partial charge in [0.25, 0.3) is 0 Å². The molecule has 0 aromatic heterocycles. The molecule has 0 unspecified atom stereocenters. The van der Waals surface area contributed by atoms with Gasteiger partial charge in [-0.2, -0.15) is 0 Å². The molecule has 74 heavy (non-hydrogen) atoms. The summed E-state index contributed by atoms with van der Waals surface area (Å²) in [6.07, 6.45) is 0. The van der Waals surface area contributed by atoms with Crippen molar-refractivity contribution in [3.63, 3.8) is 0 Å². The van der Waals surface area contributed by atoms with Crippen LogP contribution in [0, 0.1) is 27.7 Å². The van der Waals surface area contributed by atoms with E-state index in [0.717, 1.165) is 78.6 Å². The van der Waals surface area contributed by atoms with Gasteiger partial charge in [-0.25, -0.2) is 0 Å². The third kappa shape index (κ3) is 8.65. The molecular formula is C70H56N2O2. The van der Waals surface area contributed by atoms with Crippen LogP contribution in [0.1, 0.15) is 22.3 Å². The molecule has 12 rings (SSSR count). The van der Waals surface area contributed by atoms with Crippen LogP contribution in [0.5, 0.6) is 11.5 Å². The number of nitrogens with zero attached hydrogens (tertiary/aromatic N) is 2. The molecule has 358 valence electrons. The normalized spacial score (nSPS) is 11.4. The van der Waals surface area contributed by atoms with Gasteiger partial charge in [0.05, 0.1) is 25.6 Å². The summed E-state index contributed by atoms with van der Waals surface area (Å²) in [6, 6.07) is 84.6. The second-order valence-electron chi connectivity index (χ2n) is 19.7. The molecule has 0 aliphatic rings. The summed E-state index contributed by atoms with van der Waals surface area (Å²) in [7, 11) is 3.45.